The standard InChI is InChI=1S/C10H13N3O3/c1-4-13-6(3)11-9-7(13)8(16-12-9)10(14)15-5-2/h4-5H2,1-3H3. The Labute approximate surface area is 92.2 Å². The third-order valence-corrected chi connectivity index (χ3v) is 2.36. The molecule has 2 rings (SSSR count). The summed E-state index contributed by atoms with van der Waals surface area (Å²) in [6, 6.07) is 0. The number of hydrogen-bond donors (Lipinski definition) is 0. The molecule has 0 spiro atoms. The van der Waals surface area contributed by atoms with Crippen LogP contribution in [-0.4, -0.2) is 27.3 Å². The van der Waals surface area contributed by atoms with Gasteiger partial charge in [-0.1, -0.05) is 5.16 Å². The number of ether oxygens (including phenoxy) is 1. The highest BCUT2D eigenvalue weighted by molar-refractivity contribution is 5.98. The number of aryl methyl sites for hydroxylation is 2. The first-order valence-corrected chi connectivity index (χ1v) is 5.18. The van der Waals surface area contributed by atoms with Crippen LogP contribution in [0.4, 0.5) is 0 Å². The van der Waals surface area contributed by atoms with Crippen molar-refractivity contribution < 1.29 is 14.1 Å². The van der Waals surface area contributed by atoms with Gasteiger partial charge in [0.05, 0.1) is 6.61 Å². The smallest absolute Gasteiger partial charge is 0.379 e. The summed E-state index contributed by atoms with van der Waals surface area (Å²) in [6.07, 6.45) is 0. The molecule has 0 atom stereocenters. The summed E-state index contributed by atoms with van der Waals surface area (Å²) in [4.78, 5) is 15.8. The molecule has 0 amide bonds. The van der Waals surface area contributed by atoms with Crippen molar-refractivity contribution in [3.05, 3.63) is 11.6 Å². The second-order valence-electron chi connectivity index (χ2n) is 3.31. The van der Waals surface area contributed by atoms with Crippen LogP contribution >= 0.6 is 0 Å². The zero-order chi connectivity index (χ0) is 11.7. The molecule has 0 saturated carbocycles. The number of carbonyl (C=O) groups excluding carboxylic acids is 1. The van der Waals surface area contributed by atoms with Gasteiger partial charge in [0, 0.05) is 6.54 Å². The van der Waals surface area contributed by atoms with E-state index in [1.165, 1.54) is 0 Å². The molecule has 0 aliphatic heterocycles. The maximum Gasteiger partial charge on any atom is 0.379 e. The number of rotatable bonds is 3. The van der Waals surface area contributed by atoms with Gasteiger partial charge in [0.2, 0.25) is 5.65 Å². The van der Waals surface area contributed by atoms with Crippen molar-refractivity contribution in [2.75, 3.05) is 6.61 Å². The maximum absolute atomic E-state index is 11.6. The number of esters is 1. The minimum Gasteiger partial charge on any atom is -0.460 e. The van der Waals surface area contributed by atoms with Crippen LogP contribution in [0.15, 0.2) is 4.52 Å². The van der Waals surface area contributed by atoms with Crippen LogP contribution in [0, 0.1) is 6.92 Å². The maximum atomic E-state index is 11.6. The first kappa shape index (κ1) is 10.7. The van der Waals surface area contributed by atoms with Crippen LogP contribution in [0.2, 0.25) is 0 Å². The predicted molar refractivity (Wildman–Crippen MR) is 56.2 cm³/mol. The number of carbonyl (C=O) groups is 1. The van der Waals surface area contributed by atoms with E-state index in [9.17, 15) is 4.79 Å². The Balaban J connectivity index is 2.57. The fraction of sp³-hybridized carbons (Fsp3) is 0.500. The van der Waals surface area contributed by atoms with Crippen molar-refractivity contribution in [1.82, 2.24) is 14.7 Å². The van der Waals surface area contributed by atoms with E-state index < -0.39 is 5.97 Å². The van der Waals surface area contributed by atoms with Gasteiger partial charge in [-0.2, -0.15) is 0 Å². The molecule has 0 N–H and O–H groups in total. The van der Waals surface area contributed by atoms with Gasteiger partial charge in [-0.3, -0.25) is 0 Å². The summed E-state index contributed by atoms with van der Waals surface area (Å²) in [7, 11) is 0. The minimum atomic E-state index is -0.500. The summed E-state index contributed by atoms with van der Waals surface area (Å²) >= 11 is 0. The molecule has 0 radical (unpaired) electrons. The Morgan fingerprint density at radius 1 is 1.50 bits per heavy atom. The molecule has 0 unspecified atom stereocenters. The monoisotopic (exact) mass is 223 g/mol. The van der Waals surface area contributed by atoms with Gasteiger partial charge in [0.1, 0.15) is 11.3 Å². The molecule has 0 bridgehead atoms. The predicted octanol–water partition coefficient (Wildman–Crippen LogP) is 1.53. The van der Waals surface area contributed by atoms with Crippen molar-refractivity contribution in [3.8, 4) is 0 Å². The molecule has 2 aromatic rings. The molecular weight excluding hydrogens is 210 g/mol. The number of aromatic nitrogens is 3. The van der Waals surface area contributed by atoms with Crippen LogP contribution in [-0.2, 0) is 11.3 Å². The zero-order valence-corrected chi connectivity index (χ0v) is 9.48. The molecular formula is C10H13N3O3. The molecule has 2 heterocycles. The van der Waals surface area contributed by atoms with Gasteiger partial charge in [0.15, 0.2) is 0 Å². The molecule has 0 fully saturated rings. The normalized spacial score (nSPS) is 10.9. The molecule has 0 aliphatic rings. The van der Waals surface area contributed by atoms with Gasteiger partial charge in [-0.05, 0) is 20.8 Å². The molecule has 0 aromatic carbocycles. The second-order valence-corrected chi connectivity index (χ2v) is 3.31. The highest BCUT2D eigenvalue weighted by Gasteiger charge is 2.23. The first-order valence-electron chi connectivity index (χ1n) is 5.18. The van der Waals surface area contributed by atoms with E-state index in [0.29, 0.717) is 24.3 Å². The van der Waals surface area contributed by atoms with Gasteiger partial charge in [-0.15, -0.1) is 0 Å². The minimum absolute atomic E-state index is 0.124. The lowest BCUT2D eigenvalue weighted by Gasteiger charge is -2.02. The summed E-state index contributed by atoms with van der Waals surface area (Å²) in [5.41, 5.74) is 1.06. The molecule has 86 valence electrons. The molecule has 16 heavy (non-hydrogen) atoms. The lowest BCUT2D eigenvalue weighted by molar-refractivity contribution is 0.0482. The third kappa shape index (κ3) is 1.46. The van der Waals surface area contributed by atoms with E-state index in [1.54, 1.807) is 6.92 Å². The van der Waals surface area contributed by atoms with E-state index >= 15 is 0 Å². The van der Waals surface area contributed by atoms with E-state index in [4.69, 9.17) is 9.26 Å². The molecule has 2 aromatic heterocycles. The van der Waals surface area contributed by atoms with Crippen molar-refractivity contribution >= 4 is 17.1 Å². The summed E-state index contributed by atoms with van der Waals surface area (Å²) in [6.45, 7) is 6.58. The first-order chi connectivity index (χ1) is 7.69. The van der Waals surface area contributed by atoms with Crippen LogP contribution in [0.25, 0.3) is 11.2 Å². The molecule has 6 heteroatoms. The Morgan fingerprint density at radius 2 is 2.25 bits per heavy atom. The Hall–Kier alpha value is -1.85. The Morgan fingerprint density at radius 3 is 2.88 bits per heavy atom. The van der Waals surface area contributed by atoms with Crippen LogP contribution < -0.4 is 0 Å². The summed E-state index contributed by atoms with van der Waals surface area (Å²) in [5, 5.41) is 3.74. The number of hydrogen-bond acceptors (Lipinski definition) is 5. The average molecular weight is 223 g/mol. The Kier molecular flexibility index (Phi) is 2.64. The summed E-state index contributed by atoms with van der Waals surface area (Å²) < 4.78 is 11.7. The van der Waals surface area contributed by atoms with Crippen molar-refractivity contribution in [3.63, 3.8) is 0 Å². The summed E-state index contributed by atoms with van der Waals surface area (Å²) in [5.74, 6) is 0.431. The van der Waals surface area contributed by atoms with Gasteiger partial charge < -0.3 is 13.8 Å². The van der Waals surface area contributed by atoms with Crippen LogP contribution in [0.5, 0.6) is 0 Å². The zero-order valence-electron chi connectivity index (χ0n) is 9.48. The van der Waals surface area contributed by atoms with Gasteiger partial charge >= 0.3 is 5.97 Å². The quantitative estimate of drug-likeness (QED) is 0.738. The Bertz CT molecular complexity index is 527. The molecule has 6 nitrogen and oxygen atoms in total. The van der Waals surface area contributed by atoms with Crippen LogP contribution in [0.1, 0.15) is 30.2 Å². The molecule has 0 saturated heterocycles. The van der Waals surface area contributed by atoms with Gasteiger partial charge in [-0.25, -0.2) is 9.78 Å². The lowest BCUT2D eigenvalue weighted by atomic mass is 10.4. The highest BCUT2D eigenvalue weighted by atomic mass is 16.6. The van der Waals surface area contributed by atoms with E-state index in [2.05, 4.69) is 10.1 Å². The van der Waals surface area contributed by atoms with Crippen molar-refractivity contribution in [1.29, 1.82) is 0 Å². The topological polar surface area (TPSA) is 70.2 Å². The van der Waals surface area contributed by atoms with Crippen molar-refractivity contribution in [2.24, 2.45) is 0 Å². The number of nitrogens with zero attached hydrogens (tertiary/aromatic N) is 3. The number of fused-ring (bicyclic) bond motifs is 1. The van der Waals surface area contributed by atoms with Crippen molar-refractivity contribution in [2.45, 2.75) is 27.3 Å². The fourth-order valence-corrected chi connectivity index (χ4v) is 1.69. The second kappa shape index (κ2) is 3.96. The lowest BCUT2D eigenvalue weighted by Crippen LogP contribution is -2.06. The third-order valence-electron chi connectivity index (χ3n) is 2.36. The van der Waals surface area contributed by atoms with E-state index in [0.717, 1.165) is 5.82 Å². The van der Waals surface area contributed by atoms with Gasteiger partial charge in [0.25, 0.3) is 5.76 Å². The van der Waals surface area contributed by atoms with E-state index in [1.807, 2.05) is 18.4 Å². The average Bonchev–Trinajstić information content (AvgIpc) is 2.75. The highest BCUT2D eigenvalue weighted by Crippen LogP contribution is 2.20. The largest absolute Gasteiger partial charge is 0.460 e. The fourth-order valence-electron chi connectivity index (χ4n) is 1.69. The SMILES string of the molecule is CCOC(=O)c1onc2nc(C)n(CC)c12. The van der Waals surface area contributed by atoms with E-state index in [-0.39, 0.29) is 5.76 Å². The molecule has 0 aliphatic carbocycles. The van der Waals surface area contributed by atoms with Crippen LogP contribution in [0.3, 0.4) is 0 Å². The number of imidazole rings is 1.